The summed E-state index contributed by atoms with van der Waals surface area (Å²) >= 11 is 0. The predicted molar refractivity (Wildman–Crippen MR) is 76.5 cm³/mol. The summed E-state index contributed by atoms with van der Waals surface area (Å²) in [6.07, 6.45) is 10.5. The first-order chi connectivity index (χ1) is 8.45. The zero-order valence-electron chi connectivity index (χ0n) is 12.4. The molecule has 2 N–H and O–H groups in total. The third kappa shape index (κ3) is 13.5. The van der Waals surface area contributed by atoms with Crippen molar-refractivity contribution in [3.63, 3.8) is 0 Å². The third-order valence-corrected chi connectivity index (χ3v) is 2.98. The minimum atomic E-state index is -0.811. The van der Waals surface area contributed by atoms with E-state index in [0.717, 1.165) is 12.8 Å². The molecule has 0 bridgehead atoms. The van der Waals surface area contributed by atoms with Gasteiger partial charge in [0.15, 0.2) is 0 Å². The fourth-order valence-electron chi connectivity index (χ4n) is 1.82. The summed E-state index contributed by atoms with van der Waals surface area (Å²) in [7, 11) is 0. The molecule has 1 amide bonds. The summed E-state index contributed by atoms with van der Waals surface area (Å²) in [6, 6.07) is 0. The van der Waals surface area contributed by atoms with Crippen LogP contribution in [0.1, 0.15) is 78.6 Å². The average Bonchev–Trinajstić information content (AvgIpc) is 2.29. The lowest BCUT2D eigenvalue weighted by Crippen LogP contribution is -2.38. The number of hydrogen-bond acceptors (Lipinski definition) is 2. The molecule has 0 aromatic heterocycles. The Morgan fingerprint density at radius 3 is 2.00 bits per heavy atom. The van der Waals surface area contributed by atoms with Gasteiger partial charge in [0.2, 0.25) is 5.91 Å². The Hall–Kier alpha value is -0.570. The van der Waals surface area contributed by atoms with Crippen LogP contribution in [0.2, 0.25) is 0 Å². The van der Waals surface area contributed by atoms with Gasteiger partial charge in [-0.25, -0.2) is 0 Å². The maximum absolute atomic E-state index is 11.4. The van der Waals surface area contributed by atoms with Gasteiger partial charge >= 0.3 is 0 Å². The maximum Gasteiger partial charge on any atom is 0.220 e. The fourth-order valence-corrected chi connectivity index (χ4v) is 1.82. The van der Waals surface area contributed by atoms with Crippen molar-refractivity contribution in [1.82, 2.24) is 5.32 Å². The van der Waals surface area contributed by atoms with E-state index < -0.39 is 5.60 Å². The highest BCUT2D eigenvalue weighted by atomic mass is 16.3. The van der Waals surface area contributed by atoms with Crippen LogP contribution in [0.25, 0.3) is 0 Å². The number of carbonyl (C=O) groups is 1. The SMILES string of the molecule is CCCCCCCCCCC(=O)NCC(C)(C)O. The van der Waals surface area contributed by atoms with Crippen LogP contribution in [0.3, 0.4) is 0 Å². The van der Waals surface area contributed by atoms with E-state index in [-0.39, 0.29) is 5.91 Å². The third-order valence-electron chi connectivity index (χ3n) is 2.98. The summed E-state index contributed by atoms with van der Waals surface area (Å²) in [5.74, 6) is 0.0584. The van der Waals surface area contributed by atoms with Crippen molar-refractivity contribution in [2.24, 2.45) is 0 Å². The summed E-state index contributed by atoms with van der Waals surface area (Å²) in [4.78, 5) is 11.4. The Kier molecular flexibility index (Phi) is 10.0. The second-order valence-electron chi connectivity index (χ2n) is 5.81. The van der Waals surface area contributed by atoms with E-state index in [0.29, 0.717) is 13.0 Å². The number of amides is 1. The van der Waals surface area contributed by atoms with Crippen LogP contribution in [0.5, 0.6) is 0 Å². The Morgan fingerprint density at radius 2 is 1.50 bits per heavy atom. The van der Waals surface area contributed by atoms with Crippen LogP contribution in [-0.2, 0) is 4.79 Å². The maximum atomic E-state index is 11.4. The number of aliphatic hydroxyl groups is 1. The number of nitrogens with one attached hydrogen (secondary N) is 1. The molecule has 0 radical (unpaired) electrons. The molecule has 0 saturated carbocycles. The molecule has 0 aromatic rings. The molecule has 0 aliphatic rings. The zero-order chi connectivity index (χ0) is 13.9. The molecule has 0 unspecified atom stereocenters. The quantitative estimate of drug-likeness (QED) is 0.557. The van der Waals surface area contributed by atoms with E-state index >= 15 is 0 Å². The normalized spacial score (nSPS) is 11.6. The van der Waals surface area contributed by atoms with Crippen molar-refractivity contribution in [3.8, 4) is 0 Å². The molecule has 3 heteroatoms. The van der Waals surface area contributed by atoms with Crippen LogP contribution in [0, 0.1) is 0 Å². The van der Waals surface area contributed by atoms with Crippen molar-refractivity contribution >= 4 is 5.91 Å². The minimum Gasteiger partial charge on any atom is -0.389 e. The molecule has 0 atom stereocenters. The summed E-state index contributed by atoms with van der Waals surface area (Å²) < 4.78 is 0. The van der Waals surface area contributed by atoms with Crippen molar-refractivity contribution in [2.75, 3.05) is 6.54 Å². The second-order valence-corrected chi connectivity index (χ2v) is 5.81. The summed E-state index contributed by atoms with van der Waals surface area (Å²) in [5, 5.41) is 12.2. The topological polar surface area (TPSA) is 49.3 Å². The van der Waals surface area contributed by atoms with Crippen molar-refractivity contribution in [2.45, 2.75) is 84.2 Å². The van der Waals surface area contributed by atoms with Crippen molar-refractivity contribution in [3.05, 3.63) is 0 Å². The molecule has 3 nitrogen and oxygen atoms in total. The summed E-state index contributed by atoms with van der Waals surface area (Å²) in [5.41, 5.74) is -0.811. The second kappa shape index (κ2) is 10.4. The highest BCUT2D eigenvalue weighted by Crippen LogP contribution is 2.09. The highest BCUT2D eigenvalue weighted by molar-refractivity contribution is 5.75. The van der Waals surface area contributed by atoms with Crippen molar-refractivity contribution in [1.29, 1.82) is 0 Å². The van der Waals surface area contributed by atoms with Gasteiger partial charge < -0.3 is 10.4 Å². The predicted octanol–water partition coefficient (Wildman–Crippen LogP) is 3.40. The van der Waals surface area contributed by atoms with E-state index in [2.05, 4.69) is 12.2 Å². The molecule has 0 spiro atoms. The van der Waals surface area contributed by atoms with Crippen LogP contribution in [0.15, 0.2) is 0 Å². The molecule has 18 heavy (non-hydrogen) atoms. The van der Waals surface area contributed by atoms with Gasteiger partial charge in [-0.2, -0.15) is 0 Å². The van der Waals surface area contributed by atoms with E-state index in [1.54, 1.807) is 13.8 Å². The minimum absolute atomic E-state index is 0.0584. The fraction of sp³-hybridized carbons (Fsp3) is 0.933. The largest absolute Gasteiger partial charge is 0.389 e. The lowest BCUT2D eigenvalue weighted by molar-refractivity contribution is -0.122. The van der Waals surface area contributed by atoms with E-state index in [9.17, 15) is 9.90 Å². The van der Waals surface area contributed by atoms with Gasteiger partial charge in [-0.15, -0.1) is 0 Å². The number of rotatable bonds is 11. The lowest BCUT2D eigenvalue weighted by Gasteiger charge is -2.17. The standard InChI is InChI=1S/C15H31NO2/c1-4-5-6-7-8-9-10-11-12-14(17)16-13-15(2,3)18/h18H,4-13H2,1-3H3,(H,16,17). The highest BCUT2D eigenvalue weighted by Gasteiger charge is 2.13. The smallest absolute Gasteiger partial charge is 0.220 e. The van der Waals surface area contributed by atoms with Crippen molar-refractivity contribution < 1.29 is 9.90 Å². The number of hydrogen-bond donors (Lipinski definition) is 2. The summed E-state index contributed by atoms with van der Waals surface area (Å²) in [6.45, 7) is 5.96. The first-order valence-corrected chi connectivity index (χ1v) is 7.45. The van der Waals surface area contributed by atoms with Gasteiger partial charge in [-0.05, 0) is 20.3 Å². The number of carbonyl (C=O) groups excluding carboxylic acids is 1. The first-order valence-electron chi connectivity index (χ1n) is 7.45. The lowest BCUT2D eigenvalue weighted by atomic mass is 10.1. The van der Waals surface area contributed by atoms with Crippen LogP contribution in [-0.4, -0.2) is 23.2 Å². The van der Waals surface area contributed by atoms with Gasteiger partial charge in [0, 0.05) is 13.0 Å². The molecule has 0 aliphatic carbocycles. The monoisotopic (exact) mass is 257 g/mol. The average molecular weight is 257 g/mol. The molecular weight excluding hydrogens is 226 g/mol. The molecule has 0 aromatic carbocycles. The van der Waals surface area contributed by atoms with Gasteiger partial charge in [0.05, 0.1) is 5.60 Å². The van der Waals surface area contributed by atoms with Crippen LogP contribution < -0.4 is 5.32 Å². The van der Waals surface area contributed by atoms with Crippen LogP contribution >= 0.6 is 0 Å². The molecule has 108 valence electrons. The number of unbranched alkanes of at least 4 members (excludes halogenated alkanes) is 7. The van der Waals surface area contributed by atoms with Crippen LogP contribution in [0.4, 0.5) is 0 Å². The van der Waals surface area contributed by atoms with E-state index in [1.165, 1.54) is 38.5 Å². The van der Waals surface area contributed by atoms with Gasteiger partial charge in [0.25, 0.3) is 0 Å². The van der Waals surface area contributed by atoms with E-state index in [4.69, 9.17) is 0 Å². The molecule has 0 saturated heterocycles. The Labute approximate surface area is 112 Å². The van der Waals surface area contributed by atoms with Gasteiger partial charge in [-0.3, -0.25) is 4.79 Å². The Morgan fingerprint density at radius 1 is 1.00 bits per heavy atom. The Bertz CT molecular complexity index is 209. The van der Waals surface area contributed by atoms with Gasteiger partial charge in [-0.1, -0.05) is 51.9 Å². The van der Waals surface area contributed by atoms with E-state index in [1.807, 2.05) is 0 Å². The molecule has 0 rings (SSSR count). The molecule has 0 aliphatic heterocycles. The molecule has 0 fully saturated rings. The Balaban J connectivity index is 3.25. The molecular formula is C15H31NO2. The zero-order valence-corrected chi connectivity index (χ0v) is 12.4. The first kappa shape index (κ1) is 17.4. The molecule has 0 heterocycles. The van der Waals surface area contributed by atoms with Gasteiger partial charge in [0.1, 0.15) is 0 Å².